The lowest BCUT2D eigenvalue weighted by atomic mass is 10.0. The Morgan fingerprint density at radius 1 is 0.710 bits per heavy atom. The van der Waals surface area contributed by atoms with E-state index in [9.17, 15) is 9.59 Å². The quantitative estimate of drug-likeness (QED) is 0.270. The van der Waals surface area contributed by atoms with E-state index in [1.54, 1.807) is 36.4 Å². The molecule has 0 aliphatic carbocycles. The summed E-state index contributed by atoms with van der Waals surface area (Å²) in [5, 5.41) is 7.23. The van der Waals surface area contributed by atoms with Crippen LogP contribution in [-0.4, -0.2) is 17.5 Å². The molecule has 0 unspecified atom stereocenters. The summed E-state index contributed by atoms with van der Waals surface area (Å²) in [5.41, 5.74) is 6.23. The number of nitrogens with zero attached hydrogens (tertiary/aromatic N) is 1. The van der Waals surface area contributed by atoms with E-state index in [0.29, 0.717) is 16.8 Å². The van der Waals surface area contributed by atoms with Gasteiger partial charge in [-0.3, -0.25) is 9.59 Å². The van der Waals surface area contributed by atoms with Crippen LogP contribution in [0.4, 0.5) is 5.69 Å². The first-order chi connectivity index (χ1) is 15.2. The van der Waals surface area contributed by atoms with Gasteiger partial charge < -0.3 is 5.32 Å². The van der Waals surface area contributed by atoms with Crippen LogP contribution in [0.3, 0.4) is 0 Å². The number of benzene rings is 3. The summed E-state index contributed by atoms with van der Waals surface area (Å²) >= 11 is 0. The normalized spacial score (nSPS) is 11.1. The van der Waals surface area contributed by atoms with Gasteiger partial charge in [-0.15, -0.1) is 0 Å². The van der Waals surface area contributed by atoms with Gasteiger partial charge in [-0.1, -0.05) is 68.3 Å². The molecule has 3 aromatic rings. The second kappa shape index (κ2) is 11.5. The predicted molar refractivity (Wildman–Crippen MR) is 125 cm³/mol. The number of rotatable bonds is 9. The molecule has 0 aliphatic rings. The molecule has 0 aliphatic heterocycles. The lowest BCUT2D eigenvalue weighted by molar-refractivity contribution is 0.0954. The van der Waals surface area contributed by atoms with Gasteiger partial charge in [0, 0.05) is 16.8 Å². The van der Waals surface area contributed by atoms with E-state index in [1.807, 2.05) is 48.5 Å². The molecule has 0 aromatic heterocycles. The number of hydrogen-bond acceptors (Lipinski definition) is 3. The van der Waals surface area contributed by atoms with E-state index in [2.05, 4.69) is 22.8 Å². The summed E-state index contributed by atoms with van der Waals surface area (Å²) in [6, 6.07) is 25.6. The fourth-order valence-electron chi connectivity index (χ4n) is 3.12. The molecule has 0 saturated carbocycles. The molecule has 3 aromatic carbocycles. The van der Waals surface area contributed by atoms with E-state index < -0.39 is 0 Å². The molecule has 0 heterocycles. The topological polar surface area (TPSA) is 70.6 Å². The molecule has 31 heavy (non-hydrogen) atoms. The SMILES string of the molecule is CCCCCC(=NNC(=O)c1ccc(NC(=O)c2ccccc2)cc1)c1ccccc1. The first-order valence-electron chi connectivity index (χ1n) is 10.6. The van der Waals surface area contributed by atoms with Crippen LogP contribution >= 0.6 is 0 Å². The number of amides is 2. The standard InChI is InChI=1S/C26H27N3O2/c1-2-3-6-15-24(20-11-7-4-8-12-20)28-29-26(31)22-16-18-23(19-17-22)27-25(30)21-13-9-5-10-14-21/h4-5,7-14,16-19H,2-3,6,15H2,1H3,(H,27,30)(H,29,31). The van der Waals surface area contributed by atoms with Crippen LogP contribution in [-0.2, 0) is 0 Å². The Morgan fingerprint density at radius 2 is 1.29 bits per heavy atom. The molecular weight excluding hydrogens is 386 g/mol. The minimum absolute atomic E-state index is 0.193. The van der Waals surface area contributed by atoms with Gasteiger partial charge in [0.15, 0.2) is 0 Å². The molecule has 0 spiro atoms. The summed E-state index contributed by atoms with van der Waals surface area (Å²) in [6.45, 7) is 2.16. The van der Waals surface area contributed by atoms with Gasteiger partial charge in [-0.2, -0.15) is 5.10 Å². The Balaban J connectivity index is 1.64. The maximum atomic E-state index is 12.6. The van der Waals surface area contributed by atoms with Crippen LogP contribution in [0.2, 0.25) is 0 Å². The largest absolute Gasteiger partial charge is 0.322 e. The molecule has 3 rings (SSSR count). The van der Waals surface area contributed by atoms with Crippen molar-refractivity contribution in [2.24, 2.45) is 5.10 Å². The Hall–Kier alpha value is -3.73. The minimum atomic E-state index is -0.287. The molecule has 2 N–H and O–H groups in total. The molecule has 5 nitrogen and oxygen atoms in total. The zero-order valence-electron chi connectivity index (χ0n) is 17.7. The summed E-state index contributed by atoms with van der Waals surface area (Å²) in [7, 11) is 0. The van der Waals surface area contributed by atoms with Crippen molar-refractivity contribution in [3.8, 4) is 0 Å². The lowest BCUT2D eigenvalue weighted by Gasteiger charge is -2.08. The van der Waals surface area contributed by atoms with Crippen LogP contribution in [0.25, 0.3) is 0 Å². The van der Waals surface area contributed by atoms with E-state index in [0.717, 1.165) is 37.0 Å². The third-order valence-electron chi connectivity index (χ3n) is 4.86. The number of unbranched alkanes of at least 4 members (excludes halogenated alkanes) is 2. The van der Waals surface area contributed by atoms with Crippen molar-refractivity contribution >= 4 is 23.2 Å². The molecule has 0 atom stereocenters. The fourth-order valence-corrected chi connectivity index (χ4v) is 3.12. The highest BCUT2D eigenvalue weighted by Gasteiger charge is 2.09. The van der Waals surface area contributed by atoms with Crippen LogP contribution in [0.15, 0.2) is 90.0 Å². The summed E-state index contributed by atoms with van der Waals surface area (Å²) in [6.07, 6.45) is 4.08. The van der Waals surface area contributed by atoms with Crippen LogP contribution < -0.4 is 10.7 Å². The third kappa shape index (κ3) is 6.64. The van der Waals surface area contributed by atoms with Crippen molar-refractivity contribution in [2.45, 2.75) is 32.6 Å². The lowest BCUT2D eigenvalue weighted by Crippen LogP contribution is -2.20. The number of hydrogen-bond donors (Lipinski definition) is 2. The third-order valence-corrected chi connectivity index (χ3v) is 4.86. The van der Waals surface area contributed by atoms with E-state index in [-0.39, 0.29) is 11.8 Å². The Kier molecular flexibility index (Phi) is 8.12. The highest BCUT2D eigenvalue weighted by Crippen LogP contribution is 2.13. The van der Waals surface area contributed by atoms with Crippen molar-refractivity contribution in [3.05, 3.63) is 102 Å². The van der Waals surface area contributed by atoms with Gasteiger partial charge in [0.25, 0.3) is 11.8 Å². The molecule has 0 radical (unpaired) electrons. The van der Waals surface area contributed by atoms with Crippen LogP contribution in [0.5, 0.6) is 0 Å². The van der Waals surface area contributed by atoms with Crippen LogP contribution in [0.1, 0.15) is 58.9 Å². The zero-order valence-corrected chi connectivity index (χ0v) is 17.7. The second-order valence-electron chi connectivity index (χ2n) is 7.22. The number of hydrazone groups is 1. The predicted octanol–water partition coefficient (Wildman–Crippen LogP) is 5.65. The molecule has 5 heteroatoms. The number of anilines is 1. The smallest absolute Gasteiger partial charge is 0.271 e. The molecule has 0 saturated heterocycles. The maximum Gasteiger partial charge on any atom is 0.271 e. The van der Waals surface area contributed by atoms with Gasteiger partial charge in [0.2, 0.25) is 0 Å². The highest BCUT2D eigenvalue weighted by molar-refractivity contribution is 6.05. The average Bonchev–Trinajstić information content (AvgIpc) is 2.82. The van der Waals surface area contributed by atoms with Gasteiger partial charge in [0.05, 0.1) is 5.71 Å². The van der Waals surface area contributed by atoms with Gasteiger partial charge in [0.1, 0.15) is 0 Å². The van der Waals surface area contributed by atoms with Crippen molar-refractivity contribution in [2.75, 3.05) is 5.32 Å². The molecule has 0 bridgehead atoms. The Labute approximate surface area is 183 Å². The zero-order chi connectivity index (χ0) is 21.9. The van der Waals surface area contributed by atoms with Crippen molar-refractivity contribution in [1.82, 2.24) is 5.43 Å². The number of carbonyl (C=O) groups excluding carboxylic acids is 2. The van der Waals surface area contributed by atoms with E-state index in [1.165, 1.54) is 0 Å². The monoisotopic (exact) mass is 413 g/mol. The van der Waals surface area contributed by atoms with Gasteiger partial charge in [-0.05, 0) is 54.8 Å². The molecular formula is C26H27N3O2. The van der Waals surface area contributed by atoms with Crippen molar-refractivity contribution in [1.29, 1.82) is 0 Å². The van der Waals surface area contributed by atoms with Gasteiger partial charge >= 0.3 is 0 Å². The van der Waals surface area contributed by atoms with Gasteiger partial charge in [-0.25, -0.2) is 5.43 Å². The number of carbonyl (C=O) groups is 2. The highest BCUT2D eigenvalue weighted by atomic mass is 16.2. The maximum absolute atomic E-state index is 12.6. The fraction of sp³-hybridized carbons (Fsp3) is 0.192. The van der Waals surface area contributed by atoms with Crippen molar-refractivity contribution < 1.29 is 9.59 Å². The number of nitrogens with one attached hydrogen (secondary N) is 2. The first-order valence-corrected chi connectivity index (χ1v) is 10.6. The molecule has 2 amide bonds. The van der Waals surface area contributed by atoms with E-state index >= 15 is 0 Å². The molecule has 0 fully saturated rings. The Bertz CT molecular complexity index is 1010. The summed E-state index contributed by atoms with van der Waals surface area (Å²) in [5.74, 6) is -0.480. The first kappa shape index (κ1) is 22.0. The average molecular weight is 414 g/mol. The van der Waals surface area contributed by atoms with Crippen LogP contribution in [0, 0.1) is 0 Å². The minimum Gasteiger partial charge on any atom is -0.322 e. The summed E-state index contributed by atoms with van der Waals surface area (Å²) in [4.78, 5) is 24.8. The Morgan fingerprint density at radius 3 is 1.90 bits per heavy atom. The summed E-state index contributed by atoms with van der Waals surface area (Å²) < 4.78 is 0. The van der Waals surface area contributed by atoms with E-state index in [4.69, 9.17) is 0 Å². The molecule has 158 valence electrons. The second-order valence-corrected chi connectivity index (χ2v) is 7.22. The van der Waals surface area contributed by atoms with Crippen molar-refractivity contribution in [3.63, 3.8) is 0 Å².